The van der Waals surface area contributed by atoms with Gasteiger partial charge in [-0.2, -0.15) is 18.4 Å². The molecular formula is C15H18F3N3. The van der Waals surface area contributed by atoms with Crippen molar-refractivity contribution in [2.45, 2.75) is 50.4 Å². The number of alkyl halides is 3. The van der Waals surface area contributed by atoms with Crippen molar-refractivity contribution in [1.29, 1.82) is 5.26 Å². The molecule has 0 heterocycles. The molecule has 2 unspecified atom stereocenters. The van der Waals surface area contributed by atoms with Gasteiger partial charge in [0.1, 0.15) is 0 Å². The minimum Gasteiger partial charge on any atom is -0.381 e. The molecule has 1 fully saturated rings. The van der Waals surface area contributed by atoms with E-state index >= 15 is 0 Å². The van der Waals surface area contributed by atoms with E-state index in [1.54, 1.807) is 6.07 Å². The molecule has 3 nitrogen and oxygen atoms in total. The summed E-state index contributed by atoms with van der Waals surface area (Å²) in [5.41, 5.74) is 5.34. The molecule has 0 spiro atoms. The second-order valence-corrected chi connectivity index (χ2v) is 5.42. The van der Waals surface area contributed by atoms with Crippen molar-refractivity contribution in [3.05, 3.63) is 29.3 Å². The first-order valence-corrected chi connectivity index (χ1v) is 7.05. The maximum absolute atomic E-state index is 12.7. The van der Waals surface area contributed by atoms with Crippen molar-refractivity contribution in [2.24, 2.45) is 5.73 Å². The second-order valence-electron chi connectivity index (χ2n) is 5.42. The molecule has 0 amide bonds. The highest BCUT2D eigenvalue weighted by molar-refractivity contribution is 5.54. The SMILES string of the molecule is N#Cc1cc(NC2CCCCCC2N)ccc1C(F)(F)F. The Balaban J connectivity index is 2.19. The van der Waals surface area contributed by atoms with Gasteiger partial charge >= 0.3 is 6.18 Å². The molecule has 114 valence electrons. The maximum atomic E-state index is 12.7. The Labute approximate surface area is 121 Å². The maximum Gasteiger partial charge on any atom is 0.417 e. The number of nitrogens with one attached hydrogen (secondary N) is 1. The van der Waals surface area contributed by atoms with Gasteiger partial charge in [0.15, 0.2) is 0 Å². The Bertz CT molecular complexity index is 534. The summed E-state index contributed by atoms with van der Waals surface area (Å²) in [4.78, 5) is 0. The van der Waals surface area contributed by atoms with Crippen LogP contribution in [0.4, 0.5) is 18.9 Å². The fourth-order valence-electron chi connectivity index (χ4n) is 2.70. The Morgan fingerprint density at radius 1 is 1.19 bits per heavy atom. The highest BCUT2D eigenvalue weighted by Crippen LogP contribution is 2.33. The van der Waals surface area contributed by atoms with Crippen LogP contribution in [-0.4, -0.2) is 12.1 Å². The Morgan fingerprint density at radius 2 is 1.90 bits per heavy atom. The predicted molar refractivity (Wildman–Crippen MR) is 74.6 cm³/mol. The molecule has 0 radical (unpaired) electrons. The molecule has 6 heteroatoms. The van der Waals surface area contributed by atoms with Gasteiger partial charge in [0.05, 0.1) is 17.2 Å². The highest BCUT2D eigenvalue weighted by atomic mass is 19.4. The van der Waals surface area contributed by atoms with Crippen molar-refractivity contribution in [3.63, 3.8) is 0 Å². The van der Waals surface area contributed by atoms with E-state index in [1.807, 2.05) is 0 Å². The lowest BCUT2D eigenvalue weighted by Gasteiger charge is -2.24. The van der Waals surface area contributed by atoms with Gasteiger partial charge in [0.2, 0.25) is 0 Å². The van der Waals surface area contributed by atoms with Gasteiger partial charge in [-0.05, 0) is 31.0 Å². The van der Waals surface area contributed by atoms with Gasteiger partial charge < -0.3 is 11.1 Å². The Morgan fingerprint density at radius 3 is 2.57 bits per heavy atom. The first kappa shape index (κ1) is 15.6. The molecule has 3 N–H and O–H groups in total. The quantitative estimate of drug-likeness (QED) is 0.819. The van der Waals surface area contributed by atoms with E-state index in [2.05, 4.69) is 5.32 Å². The summed E-state index contributed by atoms with van der Waals surface area (Å²) in [6.45, 7) is 0. The van der Waals surface area contributed by atoms with Crippen LogP contribution in [-0.2, 0) is 6.18 Å². The summed E-state index contributed by atoms with van der Waals surface area (Å²) in [5.74, 6) is 0. The van der Waals surface area contributed by atoms with E-state index in [9.17, 15) is 13.2 Å². The van der Waals surface area contributed by atoms with Gasteiger partial charge in [0, 0.05) is 17.8 Å². The van der Waals surface area contributed by atoms with Gasteiger partial charge in [-0.25, -0.2) is 0 Å². The van der Waals surface area contributed by atoms with Crippen molar-refractivity contribution < 1.29 is 13.2 Å². The third-order valence-corrected chi connectivity index (χ3v) is 3.87. The summed E-state index contributed by atoms with van der Waals surface area (Å²) in [6.07, 6.45) is 0.547. The highest BCUT2D eigenvalue weighted by Gasteiger charge is 2.33. The molecule has 1 aromatic rings. The third kappa shape index (κ3) is 3.88. The van der Waals surface area contributed by atoms with Crippen molar-refractivity contribution in [1.82, 2.24) is 0 Å². The zero-order chi connectivity index (χ0) is 15.5. The first-order valence-electron chi connectivity index (χ1n) is 7.05. The number of hydrogen-bond donors (Lipinski definition) is 2. The summed E-state index contributed by atoms with van der Waals surface area (Å²) < 4.78 is 38.2. The van der Waals surface area contributed by atoms with E-state index in [0.29, 0.717) is 5.69 Å². The van der Waals surface area contributed by atoms with Crippen molar-refractivity contribution in [2.75, 3.05) is 5.32 Å². The van der Waals surface area contributed by atoms with Crippen LogP contribution >= 0.6 is 0 Å². The molecule has 21 heavy (non-hydrogen) atoms. The van der Waals surface area contributed by atoms with E-state index in [0.717, 1.165) is 38.2 Å². The van der Waals surface area contributed by atoms with Gasteiger partial charge in [-0.1, -0.05) is 19.3 Å². The molecule has 2 rings (SSSR count). The number of benzene rings is 1. The van der Waals surface area contributed by atoms with Crippen LogP contribution < -0.4 is 11.1 Å². The molecule has 1 aliphatic carbocycles. The molecule has 2 atom stereocenters. The van der Waals surface area contributed by atoms with Crippen LogP contribution in [0.15, 0.2) is 18.2 Å². The second kappa shape index (κ2) is 6.35. The lowest BCUT2D eigenvalue weighted by molar-refractivity contribution is -0.137. The minimum atomic E-state index is -4.51. The number of halogens is 3. The van der Waals surface area contributed by atoms with E-state index in [-0.39, 0.29) is 17.6 Å². The zero-order valence-electron chi connectivity index (χ0n) is 11.6. The van der Waals surface area contributed by atoms with Crippen LogP contribution in [0.5, 0.6) is 0 Å². The molecule has 0 bridgehead atoms. The normalized spacial score (nSPS) is 23.2. The summed E-state index contributed by atoms with van der Waals surface area (Å²) in [6, 6.07) is 5.20. The third-order valence-electron chi connectivity index (χ3n) is 3.87. The van der Waals surface area contributed by atoms with Crippen molar-refractivity contribution in [3.8, 4) is 6.07 Å². The largest absolute Gasteiger partial charge is 0.417 e. The predicted octanol–water partition coefficient (Wildman–Crippen LogP) is 3.65. The standard InChI is InChI=1S/C15H18F3N3/c16-15(17,18)12-7-6-11(8-10(12)9-19)21-14-5-3-1-2-4-13(14)20/h6-8,13-14,21H,1-5,20H2. The van der Waals surface area contributed by atoms with Crippen LogP contribution in [0.25, 0.3) is 0 Å². The lowest BCUT2D eigenvalue weighted by atomic mass is 10.0. The molecular weight excluding hydrogens is 279 g/mol. The summed E-state index contributed by atoms with van der Waals surface area (Å²) in [7, 11) is 0. The molecule has 0 saturated heterocycles. The number of hydrogen-bond acceptors (Lipinski definition) is 3. The molecule has 1 aromatic carbocycles. The topological polar surface area (TPSA) is 61.8 Å². The first-order chi connectivity index (χ1) is 9.91. The van der Waals surface area contributed by atoms with Crippen LogP contribution in [0.1, 0.15) is 43.2 Å². The average molecular weight is 297 g/mol. The number of nitriles is 1. The Hall–Kier alpha value is -1.74. The molecule has 1 saturated carbocycles. The number of nitrogens with two attached hydrogens (primary N) is 1. The number of nitrogens with zero attached hydrogens (tertiary/aromatic N) is 1. The van der Waals surface area contributed by atoms with Gasteiger partial charge in [-0.15, -0.1) is 0 Å². The van der Waals surface area contributed by atoms with E-state index in [4.69, 9.17) is 11.0 Å². The minimum absolute atomic E-state index is 0.0136. The Kier molecular flexibility index (Phi) is 4.73. The van der Waals surface area contributed by atoms with Crippen LogP contribution in [0.3, 0.4) is 0 Å². The molecule has 0 aromatic heterocycles. The fraction of sp³-hybridized carbons (Fsp3) is 0.533. The van der Waals surface area contributed by atoms with E-state index < -0.39 is 11.7 Å². The van der Waals surface area contributed by atoms with Crippen LogP contribution in [0, 0.1) is 11.3 Å². The molecule has 0 aliphatic heterocycles. The van der Waals surface area contributed by atoms with Gasteiger partial charge in [-0.3, -0.25) is 0 Å². The smallest absolute Gasteiger partial charge is 0.381 e. The number of rotatable bonds is 2. The number of anilines is 1. The van der Waals surface area contributed by atoms with Gasteiger partial charge in [0.25, 0.3) is 0 Å². The lowest BCUT2D eigenvalue weighted by Crippen LogP contribution is -2.39. The van der Waals surface area contributed by atoms with Crippen LogP contribution in [0.2, 0.25) is 0 Å². The summed E-state index contributed by atoms with van der Waals surface area (Å²) in [5, 5.41) is 12.1. The average Bonchev–Trinajstić information content (AvgIpc) is 2.63. The monoisotopic (exact) mass is 297 g/mol. The zero-order valence-corrected chi connectivity index (χ0v) is 11.6. The summed E-state index contributed by atoms with van der Waals surface area (Å²) >= 11 is 0. The van der Waals surface area contributed by atoms with E-state index in [1.165, 1.54) is 12.1 Å². The van der Waals surface area contributed by atoms with Crippen molar-refractivity contribution >= 4 is 5.69 Å². The molecule has 1 aliphatic rings. The fourth-order valence-corrected chi connectivity index (χ4v) is 2.70.